The fraction of sp³-hybridized carbons (Fsp3) is 0.273. The van der Waals surface area contributed by atoms with E-state index in [1.807, 2.05) is 0 Å². The van der Waals surface area contributed by atoms with Crippen molar-refractivity contribution < 1.29 is 19.1 Å². The Balaban J connectivity index is 2.30. The highest BCUT2D eigenvalue weighted by Crippen LogP contribution is 2.13. The van der Waals surface area contributed by atoms with Gasteiger partial charge < -0.3 is 9.47 Å². The van der Waals surface area contributed by atoms with Crippen LogP contribution in [0.25, 0.3) is 0 Å². The number of ether oxygens (including phenoxy) is 2. The molecule has 0 aromatic heterocycles. The van der Waals surface area contributed by atoms with Crippen molar-refractivity contribution in [3.05, 3.63) is 29.3 Å². The Kier molecular flexibility index (Phi) is 5.29. The number of hydrogen-bond donors (Lipinski definition) is 1. The fourth-order valence-corrected chi connectivity index (χ4v) is 1.06. The third kappa shape index (κ3) is 5.21. The lowest BCUT2D eigenvalue weighted by atomic mass is 10.3. The Bertz CT molecular complexity index is 391. The highest BCUT2D eigenvalue weighted by atomic mass is 35.5. The van der Waals surface area contributed by atoms with E-state index in [-0.39, 0.29) is 6.42 Å². The van der Waals surface area contributed by atoms with Crippen LogP contribution in [0, 0.1) is 0 Å². The Morgan fingerprint density at radius 3 is 2.47 bits per heavy atom. The molecule has 0 spiro atoms. The summed E-state index contributed by atoms with van der Waals surface area (Å²) in [4.78, 5) is 22.0. The molecule has 0 atom stereocenters. The molecule has 0 aliphatic rings. The maximum atomic E-state index is 11.2. The minimum Gasteiger partial charge on any atom is -0.428 e. The van der Waals surface area contributed by atoms with Gasteiger partial charge in [0.2, 0.25) is 6.79 Å². The summed E-state index contributed by atoms with van der Waals surface area (Å²) in [6.45, 7) is 1.25. The van der Waals surface area contributed by atoms with Gasteiger partial charge in [0.25, 0.3) is 0 Å². The Hall–Kier alpha value is -1.75. The van der Waals surface area contributed by atoms with Crippen LogP contribution in [-0.4, -0.2) is 18.9 Å². The molecule has 6 heteroatoms. The second kappa shape index (κ2) is 6.75. The number of carbonyl (C=O) groups is 2. The van der Waals surface area contributed by atoms with E-state index in [0.29, 0.717) is 10.7 Å². The van der Waals surface area contributed by atoms with Crippen molar-refractivity contribution >= 4 is 29.4 Å². The van der Waals surface area contributed by atoms with Crippen LogP contribution in [0.5, 0.6) is 0 Å². The predicted octanol–water partition coefficient (Wildman–Crippen LogP) is 2.80. The minimum absolute atomic E-state index is 0.238. The lowest BCUT2D eigenvalue weighted by Gasteiger charge is -2.07. The van der Waals surface area contributed by atoms with Crippen molar-refractivity contribution in [2.45, 2.75) is 13.3 Å². The molecule has 0 radical (unpaired) electrons. The molecule has 0 saturated carbocycles. The van der Waals surface area contributed by atoms with Crippen LogP contribution in [0.3, 0.4) is 0 Å². The minimum atomic E-state index is -0.698. The lowest BCUT2D eigenvalue weighted by molar-refractivity contribution is -0.151. The first-order valence-electron chi connectivity index (χ1n) is 4.96. The van der Waals surface area contributed by atoms with Crippen molar-refractivity contribution in [1.82, 2.24) is 0 Å². The molecule has 0 aliphatic carbocycles. The molecule has 0 saturated heterocycles. The van der Waals surface area contributed by atoms with Gasteiger partial charge in [-0.05, 0) is 24.3 Å². The summed E-state index contributed by atoms with van der Waals surface area (Å²) in [6, 6.07) is 6.52. The SMILES string of the molecule is CCC(=O)OCOC(=O)Nc1ccc(Cl)cc1. The van der Waals surface area contributed by atoms with E-state index in [1.165, 1.54) is 0 Å². The summed E-state index contributed by atoms with van der Waals surface area (Å²) >= 11 is 5.68. The summed E-state index contributed by atoms with van der Waals surface area (Å²) in [6.07, 6.45) is -0.460. The average Bonchev–Trinajstić information content (AvgIpc) is 2.32. The zero-order chi connectivity index (χ0) is 12.7. The van der Waals surface area contributed by atoms with Crippen LogP contribution in [0.15, 0.2) is 24.3 Å². The Morgan fingerprint density at radius 1 is 1.24 bits per heavy atom. The standard InChI is InChI=1S/C11H12ClNO4/c1-2-10(14)16-7-17-11(15)13-9-5-3-8(12)4-6-9/h3-6H,2,7H2,1H3,(H,13,15). The summed E-state index contributed by atoms with van der Waals surface area (Å²) in [5.41, 5.74) is 0.543. The van der Waals surface area contributed by atoms with Crippen LogP contribution in [0.2, 0.25) is 5.02 Å². The third-order valence-corrected chi connectivity index (χ3v) is 2.04. The number of benzene rings is 1. The van der Waals surface area contributed by atoms with E-state index in [9.17, 15) is 9.59 Å². The van der Waals surface area contributed by atoms with Gasteiger partial charge in [-0.1, -0.05) is 18.5 Å². The normalized spacial score (nSPS) is 9.53. The van der Waals surface area contributed by atoms with Gasteiger partial charge in [-0.15, -0.1) is 0 Å². The molecule has 1 aromatic carbocycles. The first-order chi connectivity index (χ1) is 8.11. The van der Waals surface area contributed by atoms with Gasteiger partial charge in [-0.2, -0.15) is 0 Å². The van der Waals surface area contributed by atoms with Gasteiger partial charge in [0.1, 0.15) is 0 Å². The Labute approximate surface area is 104 Å². The first-order valence-corrected chi connectivity index (χ1v) is 5.34. The van der Waals surface area contributed by atoms with Crippen LogP contribution in [0.4, 0.5) is 10.5 Å². The molecule has 0 unspecified atom stereocenters. The molecule has 17 heavy (non-hydrogen) atoms. The molecular formula is C11H12ClNO4. The largest absolute Gasteiger partial charge is 0.428 e. The molecule has 1 amide bonds. The molecule has 0 aliphatic heterocycles. The summed E-state index contributed by atoms with van der Waals surface area (Å²) in [7, 11) is 0. The van der Waals surface area contributed by atoms with Gasteiger partial charge >= 0.3 is 12.1 Å². The molecule has 5 nitrogen and oxygen atoms in total. The number of amides is 1. The molecule has 1 N–H and O–H groups in total. The fourth-order valence-electron chi connectivity index (χ4n) is 0.938. The van der Waals surface area contributed by atoms with Crippen molar-refractivity contribution in [3.63, 3.8) is 0 Å². The van der Waals surface area contributed by atoms with E-state index in [0.717, 1.165) is 0 Å². The monoisotopic (exact) mass is 257 g/mol. The second-order valence-corrected chi connectivity index (χ2v) is 3.49. The summed E-state index contributed by atoms with van der Waals surface area (Å²) in [5, 5.41) is 3.02. The van der Waals surface area contributed by atoms with Crippen molar-refractivity contribution in [1.29, 1.82) is 0 Å². The predicted molar refractivity (Wildman–Crippen MR) is 62.8 cm³/mol. The highest BCUT2D eigenvalue weighted by molar-refractivity contribution is 6.30. The van der Waals surface area contributed by atoms with E-state index in [1.54, 1.807) is 31.2 Å². The molecule has 0 fully saturated rings. The van der Waals surface area contributed by atoms with E-state index in [4.69, 9.17) is 11.6 Å². The van der Waals surface area contributed by atoms with Gasteiger partial charge in [0.05, 0.1) is 0 Å². The number of carbonyl (C=O) groups excluding carboxylic acids is 2. The van der Waals surface area contributed by atoms with Crippen molar-refractivity contribution in [2.75, 3.05) is 12.1 Å². The van der Waals surface area contributed by atoms with Gasteiger partial charge in [0.15, 0.2) is 0 Å². The van der Waals surface area contributed by atoms with Crippen LogP contribution in [0.1, 0.15) is 13.3 Å². The van der Waals surface area contributed by atoms with E-state index in [2.05, 4.69) is 14.8 Å². The third-order valence-electron chi connectivity index (χ3n) is 1.79. The van der Waals surface area contributed by atoms with Gasteiger partial charge in [0, 0.05) is 17.1 Å². The number of esters is 1. The van der Waals surface area contributed by atoms with Gasteiger partial charge in [-0.25, -0.2) is 4.79 Å². The summed E-state index contributed by atoms with van der Waals surface area (Å²) < 4.78 is 9.20. The first kappa shape index (κ1) is 13.3. The number of hydrogen-bond acceptors (Lipinski definition) is 4. The van der Waals surface area contributed by atoms with Crippen LogP contribution < -0.4 is 5.32 Å². The van der Waals surface area contributed by atoms with Crippen LogP contribution >= 0.6 is 11.6 Å². The molecule has 0 heterocycles. The number of nitrogens with one attached hydrogen (secondary N) is 1. The van der Waals surface area contributed by atoms with Crippen molar-refractivity contribution in [2.24, 2.45) is 0 Å². The maximum Gasteiger partial charge on any atom is 0.414 e. The summed E-state index contributed by atoms with van der Waals surface area (Å²) in [5.74, 6) is -0.427. The van der Waals surface area contributed by atoms with E-state index < -0.39 is 18.9 Å². The quantitative estimate of drug-likeness (QED) is 0.665. The zero-order valence-corrected chi connectivity index (χ0v) is 9.99. The smallest absolute Gasteiger partial charge is 0.414 e. The second-order valence-electron chi connectivity index (χ2n) is 3.05. The van der Waals surface area contributed by atoms with Gasteiger partial charge in [-0.3, -0.25) is 10.1 Å². The number of anilines is 1. The number of rotatable bonds is 4. The number of halogens is 1. The Morgan fingerprint density at radius 2 is 1.88 bits per heavy atom. The molecule has 1 rings (SSSR count). The topological polar surface area (TPSA) is 64.6 Å². The highest BCUT2D eigenvalue weighted by Gasteiger charge is 2.04. The zero-order valence-electron chi connectivity index (χ0n) is 9.23. The molecule has 1 aromatic rings. The van der Waals surface area contributed by atoms with Crippen LogP contribution in [-0.2, 0) is 14.3 Å². The molecule has 0 bridgehead atoms. The molecular weight excluding hydrogens is 246 g/mol. The van der Waals surface area contributed by atoms with Crippen molar-refractivity contribution in [3.8, 4) is 0 Å². The lowest BCUT2D eigenvalue weighted by Crippen LogP contribution is -2.17. The average molecular weight is 258 g/mol. The molecule has 92 valence electrons. The van der Waals surface area contributed by atoms with E-state index >= 15 is 0 Å². The maximum absolute atomic E-state index is 11.2.